The zero-order chi connectivity index (χ0) is 19.1. The SMILES string of the molecule is CC(C)(C)OC(=O)N[C@H]1CCCN(c2c(N)cnc3c2CC(Cl)=C3Cl)C1. The van der Waals surface area contributed by atoms with Crippen molar-refractivity contribution in [1.82, 2.24) is 10.3 Å². The van der Waals surface area contributed by atoms with Gasteiger partial charge in [-0.15, -0.1) is 0 Å². The van der Waals surface area contributed by atoms with Crippen LogP contribution in [0.3, 0.4) is 0 Å². The highest BCUT2D eigenvalue weighted by molar-refractivity contribution is 6.55. The lowest BCUT2D eigenvalue weighted by Gasteiger charge is -2.36. The van der Waals surface area contributed by atoms with Crippen molar-refractivity contribution >= 4 is 45.7 Å². The largest absolute Gasteiger partial charge is 0.444 e. The Morgan fingerprint density at radius 2 is 2.15 bits per heavy atom. The molecule has 0 bridgehead atoms. The van der Waals surface area contributed by atoms with Crippen molar-refractivity contribution in [3.05, 3.63) is 22.5 Å². The molecule has 3 rings (SSSR count). The van der Waals surface area contributed by atoms with E-state index < -0.39 is 11.7 Å². The highest BCUT2D eigenvalue weighted by Gasteiger charge is 2.30. The third-order valence-corrected chi connectivity index (χ3v) is 5.24. The Balaban J connectivity index is 1.77. The Morgan fingerprint density at radius 1 is 1.42 bits per heavy atom. The monoisotopic (exact) mass is 398 g/mol. The van der Waals surface area contributed by atoms with Crippen molar-refractivity contribution in [2.75, 3.05) is 23.7 Å². The van der Waals surface area contributed by atoms with Gasteiger partial charge in [-0.3, -0.25) is 4.98 Å². The number of alkyl carbamates (subject to hydrolysis) is 1. The molecule has 2 aliphatic rings. The smallest absolute Gasteiger partial charge is 0.407 e. The van der Waals surface area contributed by atoms with Gasteiger partial charge in [-0.2, -0.15) is 0 Å². The number of nitrogens with two attached hydrogens (primary N) is 1. The maximum Gasteiger partial charge on any atom is 0.407 e. The molecule has 6 nitrogen and oxygen atoms in total. The van der Waals surface area contributed by atoms with Gasteiger partial charge >= 0.3 is 6.09 Å². The number of rotatable bonds is 2. The number of allylic oxidation sites excluding steroid dienone is 1. The molecule has 1 aromatic rings. The van der Waals surface area contributed by atoms with Gasteiger partial charge in [-0.1, -0.05) is 23.2 Å². The van der Waals surface area contributed by atoms with Crippen molar-refractivity contribution in [3.63, 3.8) is 0 Å². The van der Waals surface area contributed by atoms with E-state index in [1.54, 1.807) is 6.20 Å². The molecule has 8 heteroatoms. The Labute approximate surface area is 163 Å². The van der Waals surface area contributed by atoms with Crippen LogP contribution in [0.15, 0.2) is 11.2 Å². The maximum absolute atomic E-state index is 12.1. The molecule has 1 aliphatic carbocycles. The Bertz CT molecular complexity index is 758. The average molecular weight is 399 g/mol. The van der Waals surface area contributed by atoms with E-state index in [0.29, 0.717) is 34.4 Å². The number of fused-ring (bicyclic) bond motifs is 1. The minimum Gasteiger partial charge on any atom is -0.444 e. The number of nitrogens with zero attached hydrogens (tertiary/aromatic N) is 2. The number of nitrogens with one attached hydrogen (secondary N) is 1. The lowest BCUT2D eigenvalue weighted by molar-refractivity contribution is 0.0500. The zero-order valence-corrected chi connectivity index (χ0v) is 16.7. The number of pyridine rings is 1. The number of carbonyl (C=O) groups is 1. The first-order chi connectivity index (χ1) is 12.2. The van der Waals surface area contributed by atoms with Crippen LogP contribution < -0.4 is 16.0 Å². The number of amides is 1. The van der Waals surface area contributed by atoms with Gasteiger partial charge in [-0.25, -0.2) is 4.79 Å². The van der Waals surface area contributed by atoms with E-state index in [1.165, 1.54) is 0 Å². The predicted molar refractivity (Wildman–Crippen MR) is 106 cm³/mol. The van der Waals surface area contributed by atoms with E-state index in [4.69, 9.17) is 33.7 Å². The highest BCUT2D eigenvalue weighted by Crippen LogP contribution is 2.43. The van der Waals surface area contributed by atoms with Gasteiger partial charge in [0.25, 0.3) is 0 Å². The molecular formula is C18H24Cl2N4O2. The third kappa shape index (κ3) is 4.01. The fraction of sp³-hybridized carbons (Fsp3) is 0.556. The van der Waals surface area contributed by atoms with Crippen molar-refractivity contribution in [1.29, 1.82) is 0 Å². The van der Waals surface area contributed by atoms with Crippen LogP contribution in [0.2, 0.25) is 0 Å². The number of ether oxygens (including phenoxy) is 1. The Hall–Kier alpha value is -1.66. The van der Waals surface area contributed by atoms with Crippen molar-refractivity contribution in [3.8, 4) is 0 Å². The summed E-state index contributed by atoms with van der Waals surface area (Å²) in [5.41, 5.74) is 8.87. The molecule has 26 heavy (non-hydrogen) atoms. The second kappa shape index (κ2) is 7.16. The van der Waals surface area contributed by atoms with Crippen LogP contribution in [0.1, 0.15) is 44.9 Å². The molecule has 1 saturated heterocycles. The van der Waals surface area contributed by atoms with Crippen molar-refractivity contribution < 1.29 is 9.53 Å². The van der Waals surface area contributed by atoms with Gasteiger partial charge < -0.3 is 20.7 Å². The first-order valence-corrected chi connectivity index (χ1v) is 9.47. The molecule has 0 saturated carbocycles. The molecule has 1 amide bonds. The van der Waals surface area contributed by atoms with Gasteiger partial charge in [0.1, 0.15) is 5.60 Å². The van der Waals surface area contributed by atoms with Crippen molar-refractivity contribution in [2.45, 2.75) is 51.7 Å². The number of halogens is 2. The average Bonchev–Trinajstić information content (AvgIpc) is 2.80. The predicted octanol–water partition coefficient (Wildman–Crippen LogP) is 3.86. The van der Waals surface area contributed by atoms with Crippen molar-refractivity contribution in [2.24, 2.45) is 0 Å². The molecule has 1 aromatic heterocycles. The second-order valence-electron chi connectivity index (χ2n) is 7.72. The van der Waals surface area contributed by atoms with Crippen LogP contribution in [0.25, 0.3) is 5.03 Å². The summed E-state index contributed by atoms with van der Waals surface area (Å²) in [5, 5.41) is 4.03. The third-order valence-electron chi connectivity index (χ3n) is 4.41. The molecule has 1 atom stereocenters. The van der Waals surface area contributed by atoms with Gasteiger partial charge in [-0.05, 0) is 33.6 Å². The topological polar surface area (TPSA) is 80.5 Å². The van der Waals surface area contributed by atoms with Gasteiger partial charge in [0.15, 0.2) is 0 Å². The number of nitrogen functional groups attached to an aromatic ring is 1. The van der Waals surface area contributed by atoms with Gasteiger partial charge in [0, 0.05) is 36.1 Å². The zero-order valence-electron chi connectivity index (χ0n) is 15.2. The summed E-state index contributed by atoms with van der Waals surface area (Å²) >= 11 is 12.5. The number of hydrogen-bond donors (Lipinski definition) is 2. The fourth-order valence-corrected chi connectivity index (χ4v) is 3.88. The van der Waals surface area contributed by atoms with Gasteiger partial charge in [0.2, 0.25) is 0 Å². The van der Waals surface area contributed by atoms with Crippen LogP contribution in [0.5, 0.6) is 0 Å². The second-order valence-corrected chi connectivity index (χ2v) is 8.55. The highest BCUT2D eigenvalue weighted by atomic mass is 35.5. The summed E-state index contributed by atoms with van der Waals surface area (Å²) in [6.07, 6.45) is 3.58. The summed E-state index contributed by atoms with van der Waals surface area (Å²) in [6.45, 7) is 7.04. The van der Waals surface area contributed by atoms with Crippen LogP contribution in [-0.4, -0.2) is 35.8 Å². The molecule has 142 valence electrons. The van der Waals surface area contributed by atoms with E-state index in [-0.39, 0.29) is 6.04 Å². The quantitative estimate of drug-likeness (QED) is 0.790. The molecule has 0 unspecified atom stereocenters. The minimum absolute atomic E-state index is 0.0119. The first kappa shape index (κ1) is 19.1. The normalized spacial score (nSPS) is 20.2. The van der Waals surface area contributed by atoms with Crippen LogP contribution in [0.4, 0.5) is 16.2 Å². The standard InChI is InChI=1S/C18H24Cl2N4O2/c1-18(2,3)26-17(25)23-10-5-4-6-24(9-10)16-11-7-12(19)14(20)15(11)22-8-13(16)21/h8,10H,4-7,9,21H2,1-3H3,(H,23,25)/t10-/m0/s1. The molecule has 0 aromatic carbocycles. The van der Waals surface area contributed by atoms with E-state index in [1.807, 2.05) is 20.8 Å². The van der Waals surface area contributed by atoms with Gasteiger partial charge in [0.05, 0.1) is 28.3 Å². The molecule has 1 fully saturated rings. The van der Waals surface area contributed by atoms with Crippen LogP contribution in [0, 0.1) is 0 Å². The molecule has 0 radical (unpaired) electrons. The summed E-state index contributed by atoms with van der Waals surface area (Å²) in [5.74, 6) is 0. The molecule has 2 heterocycles. The molecular weight excluding hydrogens is 375 g/mol. The summed E-state index contributed by atoms with van der Waals surface area (Å²) in [4.78, 5) is 18.6. The van der Waals surface area contributed by atoms with Crippen LogP contribution >= 0.6 is 23.2 Å². The number of aromatic nitrogens is 1. The minimum atomic E-state index is -0.520. The molecule has 0 spiro atoms. The number of hydrogen-bond acceptors (Lipinski definition) is 5. The van der Waals surface area contributed by atoms with E-state index in [0.717, 1.165) is 30.6 Å². The summed E-state index contributed by atoms with van der Waals surface area (Å²) < 4.78 is 5.36. The fourth-order valence-electron chi connectivity index (χ4n) is 3.42. The lowest BCUT2D eigenvalue weighted by atomic mass is 10.0. The summed E-state index contributed by atoms with van der Waals surface area (Å²) in [6, 6.07) is -0.0119. The molecule has 1 aliphatic heterocycles. The first-order valence-electron chi connectivity index (χ1n) is 8.72. The number of anilines is 2. The number of piperidine rings is 1. The van der Waals surface area contributed by atoms with E-state index >= 15 is 0 Å². The summed E-state index contributed by atoms with van der Waals surface area (Å²) in [7, 11) is 0. The lowest BCUT2D eigenvalue weighted by Crippen LogP contribution is -2.49. The van der Waals surface area contributed by atoms with E-state index in [2.05, 4.69) is 15.2 Å². The molecule has 3 N–H and O–H groups in total. The Morgan fingerprint density at radius 3 is 2.85 bits per heavy atom. The van der Waals surface area contributed by atoms with E-state index in [9.17, 15) is 4.79 Å². The maximum atomic E-state index is 12.1. The Kier molecular flexibility index (Phi) is 5.26. The number of carbonyl (C=O) groups excluding carboxylic acids is 1. The van der Waals surface area contributed by atoms with Crippen LogP contribution in [-0.2, 0) is 11.2 Å².